The first-order chi connectivity index (χ1) is 8.89. The van der Waals surface area contributed by atoms with Crippen LogP contribution in [0.1, 0.15) is 56.8 Å². The number of nitrogens with two attached hydrogens (primary N) is 1. The Morgan fingerprint density at radius 3 is 2.63 bits per heavy atom. The van der Waals surface area contributed by atoms with Gasteiger partial charge in [0.25, 0.3) is 0 Å². The molecule has 2 N–H and O–H groups in total. The molecule has 5 nitrogen and oxygen atoms in total. The highest BCUT2D eigenvalue weighted by Gasteiger charge is 2.32. The summed E-state index contributed by atoms with van der Waals surface area (Å²) in [4.78, 5) is 0. The minimum atomic E-state index is -2.91. The highest BCUT2D eigenvalue weighted by atomic mass is 32.2. The van der Waals surface area contributed by atoms with Crippen molar-refractivity contribution >= 4 is 15.7 Å². The van der Waals surface area contributed by atoms with Gasteiger partial charge in [0.1, 0.15) is 5.82 Å². The van der Waals surface area contributed by atoms with Crippen molar-refractivity contribution < 1.29 is 8.42 Å². The second-order valence-electron chi connectivity index (χ2n) is 5.41. The topological polar surface area (TPSA) is 78.0 Å². The van der Waals surface area contributed by atoms with Crippen LogP contribution >= 0.6 is 0 Å². The number of sulfone groups is 1. The molecule has 0 radical (unpaired) electrons. The molecule has 2 rings (SSSR count). The average molecular weight is 285 g/mol. The summed E-state index contributed by atoms with van der Waals surface area (Å²) in [6.45, 7) is 6.32. The van der Waals surface area contributed by atoms with Crippen molar-refractivity contribution in [3.63, 3.8) is 0 Å². The van der Waals surface area contributed by atoms with Gasteiger partial charge >= 0.3 is 0 Å². The summed E-state index contributed by atoms with van der Waals surface area (Å²) in [6, 6.07) is -0.0897. The summed E-state index contributed by atoms with van der Waals surface area (Å²) in [5.41, 5.74) is 8.30. The highest BCUT2D eigenvalue weighted by molar-refractivity contribution is 7.91. The van der Waals surface area contributed by atoms with Gasteiger partial charge in [-0.15, -0.1) is 0 Å². The van der Waals surface area contributed by atoms with Gasteiger partial charge in [0.05, 0.1) is 23.2 Å². The van der Waals surface area contributed by atoms with E-state index in [0.29, 0.717) is 18.2 Å². The molecule has 1 aromatic heterocycles. The number of anilines is 1. The summed E-state index contributed by atoms with van der Waals surface area (Å²) >= 11 is 0. The molecule has 0 spiro atoms. The van der Waals surface area contributed by atoms with Crippen LogP contribution in [0.15, 0.2) is 0 Å². The third-order valence-electron chi connectivity index (χ3n) is 4.07. The standard InChI is InChI=1S/C13H23N3O2S/c1-4-9(3)12-11(5-2)13(14)16(15-12)10-6-7-19(17,18)8-10/h9-10H,4-8,14H2,1-3H3. The van der Waals surface area contributed by atoms with E-state index in [-0.39, 0.29) is 17.5 Å². The first-order valence-electron chi connectivity index (χ1n) is 6.96. The molecular formula is C13H23N3O2S. The van der Waals surface area contributed by atoms with Crippen molar-refractivity contribution in [2.24, 2.45) is 0 Å². The van der Waals surface area contributed by atoms with Crippen LogP contribution in [-0.2, 0) is 16.3 Å². The fourth-order valence-electron chi connectivity index (χ4n) is 2.70. The first kappa shape index (κ1) is 14.4. The van der Waals surface area contributed by atoms with Gasteiger partial charge in [-0.05, 0) is 19.3 Å². The monoisotopic (exact) mass is 285 g/mol. The van der Waals surface area contributed by atoms with E-state index in [1.54, 1.807) is 4.68 Å². The number of rotatable bonds is 4. The lowest BCUT2D eigenvalue weighted by Crippen LogP contribution is -2.15. The zero-order valence-electron chi connectivity index (χ0n) is 11.9. The lowest BCUT2D eigenvalue weighted by atomic mass is 10.00. The van der Waals surface area contributed by atoms with Gasteiger partial charge < -0.3 is 5.73 Å². The van der Waals surface area contributed by atoms with Crippen LogP contribution < -0.4 is 5.73 Å². The molecule has 1 saturated heterocycles. The summed E-state index contributed by atoms with van der Waals surface area (Å²) in [5.74, 6) is 1.43. The van der Waals surface area contributed by atoms with E-state index in [4.69, 9.17) is 5.73 Å². The predicted octanol–water partition coefficient (Wildman–Crippen LogP) is 1.90. The first-order valence-corrected chi connectivity index (χ1v) is 8.78. The maximum atomic E-state index is 11.6. The summed E-state index contributed by atoms with van der Waals surface area (Å²) < 4.78 is 24.9. The third-order valence-corrected chi connectivity index (χ3v) is 5.82. The van der Waals surface area contributed by atoms with Gasteiger partial charge in [-0.25, -0.2) is 13.1 Å². The van der Waals surface area contributed by atoms with Gasteiger partial charge in [-0.3, -0.25) is 0 Å². The number of nitrogens with zero attached hydrogens (tertiary/aromatic N) is 2. The largest absolute Gasteiger partial charge is 0.384 e. The number of aromatic nitrogens is 2. The highest BCUT2D eigenvalue weighted by Crippen LogP contribution is 2.32. The summed E-state index contributed by atoms with van der Waals surface area (Å²) in [7, 11) is -2.91. The Morgan fingerprint density at radius 2 is 2.16 bits per heavy atom. The molecule has 19 heavy (non-hydrogen) atoms. The van der Waals surface area contributed by atoms with Crippen LogP contribution in [0, 0.1) is 0 Å². The van der Waals surface area contributed by atoms with Crippen molar-refractivity contribution in [3.05, 3.63) is 11.3 Å². The molecule has 108 valence electrons. The minimum absolute atomic E-state index is 0.0897. The van der Waals surface area contributed by atoms with E-state index in [1.807, 2.05) is 0 Å². The van der Waals surface area contributed by atoms with E-state index in [2.05, 4.69) is 25.9 Å². The molecule has 0 aliphatic carbocycles. The molecule has 1 fully saturated rings. The zero-order valence-corrected chi connectivity index (χ0v) is 12.7. The Balaban J connectivity index is 2.40. The molecule has 0 bridgehead atoms. The van der Waals surface area contributed by atoms with E-state index in [0.717, 1.165) is 24.1 Å². The Hall–Kier alpha value is -1.04. The van der Waals surface area contributed by atoms with Crippen LogP contribution in [0.3, 0.4) is 0 Å². The van der Waals surface area contributed by atoms with Crippen molar-refractivity contribution in [1.82, 2.24) is 9.78 Å². The smallest absolute Gasteiger partial charge is 0.152 e. The minimum Gasteiger partial charge on any atom is -0.384 e. The Kier molecular flexibility index (Phi) is 3.90. The maximum absolute atomic E-state index is 11.6. The maximum Gasteiger partial charge on any atom is 0.152 e. The average Bonchev–Trinajstić information content (AvgIpc) is 2.88. The van der Waals surface area contributed by atoms with Gasteiger partial charge in [-0.1, -0.05) is 20.8 Å². The molecule has 0 amide bonds. The van der Waals surface area contributed by atoms with Crippen LogP contribution in [0.5, 0.6) is 0 Å². The van der Waals surface area contributed by atoms with Gasteiger partial charge in [-0.2, -0.15) is 5.10 Å². The fourth-order valence-corrected chi connectivity index (χ4v) is 4.39. The Morgan fingerprint density at radius 1 is 1.47 bits per heavy atom. The van der Waals surface area contributed by atoms with E-state index in [9.17, 15) is 8.42 Å². The van der Waals surface area contributed by atoms with Gasteiger partial charge in [0, 0.05) is 11.5 Å². The normalized spacial score (nSPS) is 23.6. The molecule has 2 heterocycles. The van der Waals surface area contributed by atoms with Gasteiger partial charge in [0.15, 0.2) is 9.84 Å². The molecule has 0 saturated carbocycles. The van der Waals surface area contributed by atoms with Crippen LogP contribution in [0.4, 0.5) is 5.82 Å². The quantitative estimate of drug-likeness (QED) is 0.916. The van der Waals surface area contributed by atoms with E-state index in [1.165, 1.54) is 0 Å². The molecular weight excluding hydrogens is 262 g/mol. The summed E-state index contributed by atoms with van der Waals surface area (Å²) in [6.07, 6.45) is 2.47. The Bertz CT molecular complexity index is 563. The fraction of sp³-hybridized carbons (Fsp3) is 0.769. The van der Waals surface area contributed by atoms with Crippen LogP contribution in [0.25, 0.3) is 0 Å². The molecule has 2 atom stereocenters. The van der Waals surface area contributed by atoms with Crippen molar-refractivity contribution in [1.29, 1.82) is 0 Å². The molecule has 2 unspecified atom stereocenters. The zero-order chi connectivity index (χ0) is 14.2. The van der Waals surface area contributed by atoms with Crippen LogP contribution in [-0.4, -0.2) is 29.7 Å². The van der Waals surface area contributed by atoms with Crippen molar-refractivity contribution in [2.45, 2.75) is 52.0 Å². The molecule has 0 aromatic carbocycles. The molecule has 6 heteroatoms. The predicted molar refractivity (Wildman–Crippen MR) is 77.0 cm³/mol. The van der Waals surface area contributed by atoms with Crippen molar-refractivity contribution in [3.8, 4) is 0 Å². The third kappa shape index (κ3) is 2.63. The summed E-state index contributed by atoms with van der Waals surface area (Å²) in [5, 5.41) is 4.63. The number of hydrogen-bond donors (Lipinski definition) is 1. The van der Waals surface area contributed by atoms with E-state index < -0.39 is 9.84 Å². The van der Waals surface area contributed by atoms with Crippen molar-refractivity contribution in [2.75, 3.05) is 17.2 Å². The van der Waals surface area contributed by atoms with Crippen LogP contribution in [0.2, 0.25) is 0 Å². The molecule has 1 aliphatic rings. The number of nitrogen functional groups attached to an aromatic ring is 1. The SMILES string of the molecule is CCc1c(C(C)CC)nn(C2CCS(=O)(=O)C2)c1N. The lowest BCUT2D eigenvalue weighted by Gasteiger charge is -2.10. The molecule has 1 aromatic rings. The van der Waals surface area contributed by atoms with Gasteiger partial charge in [0.2, 0.25) is 0 Å². The Labute approximate surface area is 115 Å². The van der Waals surface area contributed by atoms with E-state index >= 15 is 0 Å². The second kappa shape index (κ2) is 5.15. The lowest BCUT2D eigenvalue weighted by molar-refractivity contribution is 0.496. The number of hydrogen-bond acceptors (Lipinski definition) is 4. The molecule has 1 aliphatic heterocycles. The second-order valence-corrected chi connectivity index (χ2v) is 7.64.